The van der Waals surface area contributed by atoms with Crippen molar-refractivity contribution < 1.29 is 17.6 Å². The molecule has 0 amide bonds. The Labute approximate surface area is 116 Å². The largest absolute Gasteiger partial charge is 0.401 e. The van der Waals surface area contributed by atoms with Crippen LogP contribution >= 0.6 is 27.5 Å². The van der Waals surface area contributed by atoms with Crippen molar-refractivity contribution in [3.63, 3.8) is 0 Å². The third kappa shape index (κ3) is 5.54. The first-order valence-electron chi connectivity index (χ1n) is 5.11. The van der Waals surface area contributed by atoms with Gasteiger partial charge in [-0.15, -0.1) is 0 Å². The quantitative estimate of drug-likeness (QED) is 0.568. The van der Waals surface area contributed by atoms with Gasteiger partial charge in [-0.3, -0.25) is 4.90 Å². The topological polar surface area (TPSA) is 3.24 Å². The van der Waals surface area contributed by atoms with Gasteiger partial charge >= 0.3 is 6.18 Å². The number of benzene rings is 1. The van der Waals surface area contributed by atoms with E-state index in [1.807, 2.05) is 0 Å². The number of hydrogen-bond acceptors (Lipinski definition) is 1. The molecule has 0 saturated heterocycles. The summed E-state index contributed by atoms with van der Waals surface area (Å²) in [5, 5.41) is 0.344. The minimum absolute atomic E-state index is 0.0745. The van der Waals surface area contributed by atoms with Gasteiger partial charge in [0.1, 0.15) is 5.82 Å². The zero-order valence-corrected chi connectivity index (χ0v) is 11.6. The van der Waals surface area contributed by atoms with Crippen LogP contribution in [0.2, 0.25) is 5.02 Å². The summed E-state index contributed by atoms with van der Waals surface area (Å²) < 4.78 is 49.9. The molecule has 1 nitrogen and oxygen atoms in total. The van der Waals surface area contributed by atoms with Crippen LogP contribution < -0.4 is 0 Å². The fourth-order valence-electron chi connectivity index (χ4n) is 1.48. The number of hydrogen-bond donors (Lipinski definition) is 0. The maximum atomic E-state index is 12.9. The van der Waals surface area contributed by atoms with E-state index in [1.165, 1.54) is 17.0 Å². The first kappa shape index (κ1) is 15.7. The second-order valence-electron chi connectivity index (χ2n) is 3.76. The van der Waals surface area contributed by atoms with Crippen LogP contribution in [0, 0.1) is 5.82 Å². The van der Waals surface area contributed by atoms with E-state index in [2.05, 4.69) is 15.9 Å². The van der Waals surface area contributed by atoms with Crippen LogP contribution in [-0.4, -0.2) is 29.5 Å². The average molecular weight is 349 g/mol. The van der Waals surface area contributed by atoms with Crippen molar-refractivity contribution in [2.24, 2.45) is 0 Å². The molecule has 0 atom stereocenters. The normalized spacial score (nSPS) is 12.2. The number of nitrogens with zero attached hydrogens (tertiary/aromatic N) is 1. The van der Waals surface area contributed by atoms with Gasteiger partial charge < -0.3 is 0 Å². The van der Waals surface area contributed by atoms with E-state index in [9.17, 15) is 17.6 Å². The van der Waals surface area contributed by atoms with Crippen molar-refractivity contribution in [1.82, 2.24) is 4.90 Å². The van der Waals surface area contributed by atoms with Crippen LogP contribution in [0.5, 0.6) is 0 Å². The minimum Gasteiger partial charge on any atom is -0.290 e. The van der Waals surface area contributed by atoms with Crippen LogP contribution in [0.1, 0.15) is 5.56 Å². The molecule has 1 aromatic rings. The fraction of sp³-hybridized carbons (Fsp3) is 0.455. The SMILES string of the molecule is Fc1ccc(CN(CCBr)CC(F)(F)F)cc1Cl. The predicted octanol–water partition coefficient (Wildman–Crippen LogP) is 4.24. The average Bonchev–Trinajstić information content (AvgIpc) is 2.21. The van der Waals surface area contributed by atoms with E-state index in [0.717, 1.165) is 6.07 Å². The molecule has 0 aliphatic heterocycles. The molecule has 1 rings (SSSR count). The van der Waals surface area contributed by atoms with E-state index < -0.39 is 18.5 Å². The minimum atomic E-state index is -4.26. The van der Waals surface area contributed by atoms with E-state index in [0.29, 0.717) is 10.9 Å². The lowest BCUT2D eigenvalue weighted by molar-refractivity contribution is -0.146. The summed E-state index contributed by atoms with van der Waals surface area (Å²) in [6.07, 6.45) is -4.26. The van der Waals surface area contributed by atoms with Crippen molar-refractivity contribution >= 4 is 27.5 Å². The van der Waals surface area contributed by atoms with Crippen molar-refractivity contribution in [2.45, 2.75) is 12.7 Å². The molecule has 102 valence electrons. The maximum Gasteiger partial charge on any atom is 0.401 e. The molecule has 0 radical (unpaired) electrons. The standard InChI is InChI=1S/C11H11BrClF4N/c12-3-4-18(7-11(15,16)17)6-8-1-2-10(14)9(13)5-8/h1-2,5H,3-4,6-7H2. The first-order valence-corrected chi connectivity index (χ1v) is 6.61. The summed E-state index contributed by atoms with van der Waals surface area (Å²) in [6, 6.07) is 3.92. The molecule has 1 aromatic carbocycles. The van der Waals surface area contributed by atoms with Gasteiger partial charge in [-0.2, -0.15) is 13.2 Å². The molecule has 7 heteroatoms. The van der Waals surface area contributed by atoms with E-state index >= 15 is 0 Å². The summed E-state index contributed by atoms with van der Waals surface area (Å²) >= 11 is 8.68. The Balaban J connectivity index is 2.73. The van der Waals surface area contributed by atoms with Gasteiger partial charge in [0.2, 0.25) is 0 Å². The molecule has 0 aliphatic rings. The Kier molecular flexibility index (Phi) is 5.88. The van der Waals surface area contributed by atoms with Crippen LogP contribution in [0.4, 0.5) is 17.6 Å². The van der Waals surface area contributed by atoms with E-state index in [4.69, 9.17) is 11.6 Å². The molecule has 0 spiro atoms. The van der Waals surface area contributed by atoms with Gasteiger partial charge in [0.25, 0.3) is 0 Å². The van der Waals surface area contributed by atoms with Gasteiger partial charge in [-0.1, -0.05) is 33.6 Å². The monoisotopic (exact) mass is 347 g/mol. The Morgan fingerprint density at radius 2 is 1.94 bits per heavy atom. The zero-order chi connectivity index (χ0) is 13.8. The smallest absolute Gasteiger partial charge is 0.290 e. The number of rotatable bonds is 5. The summed E-state index contributed by atoms with van der Waals surface area (Å²) in [5.41, 5.74) is 0.548. The molecule has 0 N–H and O–H groups in total. The summed E-state index contributed by atoms with van der Waals surface area (Å²) in [7, 11) is 0. The van der Waals surface area contributed by atoms with Gasteiger partial charge in [0.05, 0.1) is 11.6 Å². The number of halogens is 6. The Morgan fingerprint density at radius 3 is 2.44 bits per heavy atom. The van der Waals surface area contributed by atoms with Crippen LogP contribution in [0.15, 0.2) is 18.2 Å². The van der Waals surface area contributed by atoms with Gasteiger partial charge in [0.15, 0.2) is 0 Å². The fourth-order valence-corrected chi connectivity index (χ4v) is 2.19. The van der Waals surface area contributed by atoms with Crippen LogP contribution in [0.25, 0.3) is 0 Å². The molecular weight excluding hydrogens is 337 g/mol. The maximum absolute atomic E-state index is 12.9. The lowest BCUT2D eigenvalue weighted by atomic mass is 10.2. The highest BCUT2D eigenvalue weighted by Gasteiger charge is 2.30. The Bertz CT molecular complexity index is 397. The van der Waals surface area contributed by atoms with E-state index in [1.54, 1.807) is 0 Å². The molecule has 0 fully saturated rings. The van der Waals surface area contributed by atoms with Gasteiger partial charge in [0, 0.05) is 18.4 Å². The Morgan fingerprint density at radius 1 is 1.28 bits per heavy atom. The summed E-state index contributed by atoms with van der Waals surface area (Å²) in [4.78, 5) is 1.22. The third-order valence-corrected chi connectivity index (χ3v) is 2.84. The van der Waals surface area contributed by atoms with Crippen LogP contribution in [0.3, 0.4) is 0 Å². The van der Waals surface area contributed by atoms with E-state index in [-0.39, 0.29) is 18.1 Å². The molecule has 0 aliphatic carbocycles. The van der Waals surface area contributed by atoms with Crippen molar-refractivity contribution in [2.75, 3.05) is 18.4 Å². The second kappa shape index (κ2) is 6.73. The molecule has 0 unspecified atom stereocenters. The molecule has 0 saturated carbocycles. The molecule has 0 aromatic heterocycles. The van der Waals surface area contributed by atoms with Crippen molar-refractivity contribution in [3.05, 3.63) is 34.6 Å². The highest BCUT2D eigenvalue weighted by atomic mass is 79.9. The highest BCUT2D eigenvalue weighted by Crippen LogP contribution is 2.20. The summed E-state index contributed by atoms with van der Waals surface area (Å²) in [6.45, 7) is -0.687. The molecule has 18 heavy (non-hydrogen) atoms. The third-order valence-electron chi connectivity index (χ3n) is 2.19. The Hall–Kier alpha value is -0.330. The first-order chi connectivity index (χ1) is 8.31. The van der Waals surface area contributed by atoms with Crippen molar-refractivity contribution in [1.29, 1.82) is 0 Å². The molecule has 0 bridgehead atoms. The number of alkyl halides is 4. The predicted molar refractivity (Wildman–Crippen MR) is 66.5 cm³/mol. The van der Waals surface area contributed by atoms with Gasteiger partial charge in [-0.05, 0) is 17.7 Å². The van der Waals surface area contributed by atoms with Gasteiger partial charge in [-0.25, -0.2) is 4.39 Å². The zero-order valence-electron chi connectivity index (χ0n) is 9.28. The molecule has 0 heterocycles. The van der Waals surface area contributed by atoms with Crippen LogP contribution in [-0.2, 0) is 6.54 Å². The second-order valence-corrected chi connectivity index (χ2v) is 4.96. The summed E-state index contributed by atoms with van der Waals surface area (Å²) in [5.74, 6) is -0.580. The molecular formula is C11H11BrClF4N. The highest BCUT2D eigenvalue weighted by molar-refractivity contribution is 9.09. The van der Waals surface area contributed by atoms with Crippen molar-refractivity contribution in [3.8, 4) is 0 Å². The lowest BCUT2D eigenvalue weighted by Crippen LogP contribution is -2.35. The lowest BCUT2D eigenvalue weighted by Gasteiger charge is -2.22.